The van der Waals surface area contributed by atoms with Gasteiger partial charge in [0.05, 0.1) is 10.9 Å². The quantitative estimate of drug-likeness (QED) is 0.264. The molecule has 0 aliphatic carbocycles. The molecule has 0 saturated carbocycles. The Kier molecular flexibility index (Phi) is 9.23. The van der Waals surface area contributed by atoms with Crippen molar-refractivity contribution >= 4 is 34.8 Å². The largest absolute Gasteiger partial charge is 0.486 e. The molecule has 0 radical (unpaired) electrons. The van der Waals surface area contributed by atoms with E-state index in [1.807, 2.05) is 0 Å². The summed E-state index contributed by atoms with van der Waals surface area (Å²) in [6.07, 6.45) is -5.49. The maximum atomic E-state index is 13.4. The lowest BCUT2D eigenvalue weighted by molar-refractivity contribution is -0.288. The van der Waals surface area contributed by atoms with Gasteiger partial charge in [-0.2, -0.15) is 0 Å². The lowest BCUT2D eigenvalue weighted by Crippen LogP contribution is -2.63. The number of carbonyl (C=O) groups is 4. The fourth-order valence-corrected chi connectivity index (χ4v) is 5.01. The van der Waals surface area contributed by atoms with Gasteiger partial charge in [-0.15, -0.1) is 0 Å². The van der Waals surface area contributed by atoms with Gasteiger partial charge in [0.2, 0.25) is 12.4 Å². The molecule has 14 nitrogen and oxygen atoms in total. The fraction of sp³-hybridized carbons (Fsp3) is 0.387. The summed E-state index contributed by atoms with van der Waals surface area (Å²) in [4.78, 5) is 61.1. The fourth-order valence-electron chi connectivity index (χ4n) is 5.01. The van der Waals surface area contributed by atoms with Gasteiger partial charge in [0.25, 0.3) is 0 Å². The lowest BCUT2D eigenvalue weighted by Gasteiger charge is -2.43. The van der Waals surface area contributed by atoms with Crippen molar-refractivity contribution < 1.29 is 61.5 Å². The van der Waals surface area contributed by atoms with Crippen molar-refractivity contribution in [2.24, 2.45) is 0 Å². The first-order chi connectivity index (χ1) is 21.5. The Hall–Kier alpha value is -5.11. The van der Waals surface area contributed by atoms with Crippen molar-refractivity contribution in [2.75, 3.05) is 19.8 Å². The van der Waals surface area contributed by atoms with Crippen molar-refractivity contribution in [3.8, 4) is 28.4 Å². The summed E-state index contributed by atoms with van der Waals surface area (Å²) >= 11 is 0. The molecule has 1 saturated heterocycles. The molecule has 2 aromatic carbocycles. The van der Waals surface area contributed by atoms with Crippen molar-refractivity contribution in [3.63, 3.8) is 0 Å². The molecule has 0 N–H and O–H groups in total. The highest BCUT2D eigenvalue weighted by Gasteiger charge is 2.53. The first kappa shape index (κ1) is 31.3. The smallest absolute Gasteiger partial charge is 0.303 e. The summed E-state index contributed by atoms with van der Waals surface area (Å²) < 4.78 is 50.3. The first-order valence-electron chi connectivity index (χ1n) is 13.9. The molecular weight excluding hydrogens is 596 g/mol. The van der Waals surface area contributed by atoms with E-state index in [9.17, 15) is 24.0 Å². The topological polar surface area (TPSA) is 172 Å². The summed E-state index contributed by atoms with van der Waals surface area (Å²) in [5, 5.41) is 0.247. The highest BCUT2D eigenvalue weighted by molar-refractivity contribution is 5.83. The van der Waals surface area contributed by atoms with Crippen LogP contribution in [0.5, 0.6) is 17.2 Å². The van der Waals surface area contributed by atoms with E-state index in [1.54, 1.807) is 18.2 Å². The Bertz CT molecular complexity index is 1680. The second kappa shape index (κ2) is 13.3. The standard InChI is InChI=1S/C31H30O14/c1-15(32)39-14-26-28(41-16(2)33)29(42-17(3)34)30(43-18(4)35)31(45-26)44-20-6-7-21-24(12-20)40-13-22(27(21)36)19-5-8-23-25(11-19)38-10-9-37-23/h5-8,11-13,26,28-31H,9-10,14H2,1-4H3/t26-,28-,29+,30+,31-/m0/s1. The van der Waals surface area contributed by atoms with Crippen LogP contribution in [-0.2, 0) is 42.9 Å². The third kappa shape index (κ3) is 7.17. The SMILES string of the molecule is CC(=O)OC[C@@H]1O[C@H](Oc2ccc3c(=O)c(-c4ccc5c(c4)OCCO5)coc3c2)[C@H](OC(C)=O)[C@H](OC(C)=O)[C@H]1OC(C)=O. The molecule has 238 valence electrons. The van der Waals surface area contributed by atoms with Crippen LogP contribution in [0.1, 0.15) is 27.7 Å². The van der Waals surface area contributed by atoms with Gasteiger partial charge in [-0.1, -0.05) is 6.07 Å². The van der Waals surface area contributed by atoms with Crippen LogP contribution in [-0.4, -0.2) is 74.4 Å². The summed E-state index contributed by atoms with van der Waals surface area (Å²) in [5.74, 6) is -1.73. The molecule has 5 atom stereocenters. The van der Waals surface area contributed by atoms with Gasteiger partial charge >= 0.3 is 23.9 Å². The second-order valence-electron chi connectivity index (χ2n) is 10.2. The average molecular weight is 627 g/mol. The van der Waals surface area contributed by atoms with Crippen molar-refractivity contribution in [3.05, 3.63) is 52.9 Å². The molecule has 3 heterocycles. The Labute approximate surface area is 256 Å². The van der Waals surface area contributed by atoms with Gasteiger partial charge in [0, 0.05) is 33.8 Å². The van der Waals surface area contributed by atoms with E-state index >= 15 is 0 Å². The highest BCUT2D eigenvalue weighted by Crippen LogP contribution is 2.35. The number of hydrogen-bond donors (Lipinski definition) is 0. The number of benzene rings is 2. The molecule has 0 unspecified atom stereocenters. The third-order valence-corrected chi connectivity index (χ3v) is 6.80. The van der Waals surface area contributed by atoms with Crippen LogP contribution in [0.4, 0.5) is 0 Å². The molecule has 2 aliphatic rings. The van der Waals surface area contributed by atoms with Crippen LogP contribution < -0.4 is 19.6 Å². The van der Waals surface area contributed by atoms with Crippen molar-refractivity contribution in [2.45, 2.75) is 58.4 Å². The summed E-state index contributed by atoms with van der Waals surface area (Å²) in [6, 6.07) is 9.54. The van der Waals surface area contributed by atoms with Crippen LogP contribution in [0.15, 0.2) is 51.9 Å². The maximum Gasteiger partial charge on any atom is 0.303 e. The highest BCUT2D eigenvalue weighted by atomic mass is 16.7. The minimum Gasteiger partial charge on any atom is -0.486 e. The van der Waals surface area contributed by atoms with E-state index in [-0.39, 0.29) is 22.1 Å². The molecule has 45 heavy (non-hydrogen) atoms. The van der Waals surface area contributed by atoms with E-state index in [1.165, 1.54) is 31.4 Å². The van der Waals surface area contributed by atoms with Crippen LogP contribution in [0.3, 0.4) is 0 Å². The Balaban J connectivity index is 1.47. The Morgan fingerprint density at radius 2 is 1.44 bits per heavy atom. The predicted molar refractivity (Wildman–Crippen MR) is 151 cm³/mol. The lowest BCUT2D eigenvalue weighted by atomic mass is 9.98. The normalized spacial score (nSPS) is 22.2. The summed E-state index contributed by atoms with van der Waals surface area (Å²) in [6.45, 7) is 4.96. The predicted octanol–water partition coefficient (Wildman–Crippen LogP) is 2.69. The zero-order valence-corrected chi connectivity index (χ0v) is 24.8. The van der Waals surface area contributed by atoms with Gasteiger partial charge in [-0.3, -0.25) is 24.0 Å². The minimum atomic E-state index is -1.45. The van der Waals surface area contributed by atoms with Gasteiger partial charge in [0.1, 0.15) is 43.5 Å². The maximum absolute atomic E-state index is 13.4. The average Bonchev–Trinajstić information content (AvgIpc) is 2.98. The van der Waals surface area contributed by atoms with Crippen molar-refractivity contribution in [1.82, 2.24) is 0 Å². The van der Waals surface area contributed by atoms with Crippen molar-refractivity contribution in [1.29, 1.82) is 0 Å². The molecular formula is C31H30O14. The molecule has 0 bridgehead atoms. The van der Waals surface area contributed by atoms with Gasteiger partial charge in [-0.25, -0.2) is 0 Å². The van der Waals surface area contributed by atoms with Crippen LogP contribution in [0.2, 0.25) is 0 Å². The zero-order valence-electron chi connectivity index (χ0n) is 24.8. The van der Waals surface area contributed by atoms with E-state index < -0.39 is 61.2 Å². The first-order valence-corrected chi connectivity index (χ1v) is 13.9. The second-order valence-corrected chi connectivity index (χ2v) is 10.2. The molecule has 1 aromatic heterocycles. The molecule has 0 amide bonds. The molecule has 3 aromatic rings. The van der Waals surface area contributed by atoms with E-state index in [0.717, 1.165) is 20.8 Å². The molecule has 5 rings (SSSR count). The number of ether oxygens (including phenoxy) is 8. The third-order valence-electron chi connectivity index (χ3n) is 6.80. The number of hydrogen-bond acceptors (Lipinski definition) is 14. The number of rotatable bonds is 8. The van der Waals surface area contributed by atoms with E-state index in [4.69, 9.17) is 42.3 Å². The molecule has 14 heteroatoms. The minimum absolute atomic E-state index is 0.124. The number of esters is 4. The van der Waals surface area contributed by atoms with Crippen LogP contribution in [0.25, 0.3) is 22.1 Å². The summed E-state index contributed by atoms with van der Waals surface area (Å²) in [5.41, 5.74) is 0.733. The number of fused-ring (bicyclic) bond motifs is 2. The molecule has 2 aliphatic heterocycles. The van der Waals surface area contributed by atoms with Gasteiger partial charge in [0.15, 0.2) is 29.1 Å². The van der Waals surface area contributed by atoms with Crippen LogP contribution in [0, 0.1) is 0 Å². The monoisotopic (exact) mass is 626 g/mol. The van der Waals surface area contributed by atoms with Gasteiger partial charge < -0.3 is 42.3 Å². The van der Waals surface area contributed by atoms with Crippen LogP contribution >= 0.6 is 0 Å². The van der Waals surface area contributed by atoms with Gasteiger partial charge in [-0.05, 0) is 29.8 Å². The van der Waals surface area contributed by atoms with E-state index in [2.05, 4.69) is 0 Å². The Morgan fingerprint density at radius 3 is 2.13 bits per heavy atom. The Morgan fingerprint density at radius 1 is 0.778 bits per heavy atom. The van der Waals surface area contributed by atoms with E-state index in [0.29, 0.717) is 35.8 Å². The zero-order chi connectivity index (χ0) is 32.2. The number of carbonyl (C=O) groups excluding carboxylic acids is 4. The molecule has 1 fully saturated rings. The molecule has 0 spiro atoms. The summed E-state index contributed by atoms with van der Waals surface area (Å²) in [7, 11) is 0.